The van der Waals surface area contributed by atoms with Gasteiger partial charge in [0.05, 0.1) is 13.1 Å². The lowest BCUT2D eigenvalue weighted by Gasteiger charge is -2.22. The van der Waals surface area contributed by atoms with Crippen LogP contribution in [0.1, 0.15) is 28.4 Å². The highest BCUT2D eigenvalue weighted by atomic mass is 16.5. The lowest BCUT2D eigenvalue weighted by Crippen LogP contribution is -2.38. The molecule has 7 nitrogen and oxygen atoms in total. The first kappa shape index (κ1) is 17.8. The summed E-state index contributed by atoms with van der Waals surface area (Å²) >= 11 is 0. The van der Waals surface area contributed by atoms with Gasteiger partial charge in [-0.3, -0.25) is 10.0 Å². The first-order valence-electron chi connectivity index (χ1n) is 8.33. The maximum absolute atomic E-state index is 12.6. The van der Waals surface area contributed by atoms with Gasteiger partial charge in [-0.2, -0.15) is 0 Å². The van der Waals surface area contributed by atoms with Crippen LogP contribution in [0.4, 0.5) is 10.5 Å². The molecule has 1 aliphatic rings. The number of anilines is 1. The van der Waals surface area contributed by atoms with Crippen LogP contribution in [-0.2, 0) is 6.54 Å². The zero-order chi connectivity index (χ0) is 18.7. The molecule has 0 unspecified atom stereocenters. The van der Waals surface area contributed by atoms with Crippen LogP contribution in [0.2, 0.25) is 0 Å². The number of fused-ring (bicyclic) bond motifs is 1. The van der Waals surface area contributed by atoms with Crippen molar-refractivity contribution in [3.8, 4) is 5.75 Å². The molecule has 136 valence electrons. The van der Waals surface area contributed by atoms with Gasteiger partial charge in [0.2, 0.25) is 0 Å². The number of urea groups is 1. The number of hydroxylamine groups is 1. The third-order valence-corrected chi connectivity index (χ3v) is 4.19. The highest BCUT2D eigenvalue weighted by Gasteiger charge is 2.24. The van der Waals surface area contributed by atoms with Crippen molar-refractivity contribution in [3.63, 3.8) is 0 Å². The van der Waals surface area contributed by atoms with E-state index in [1.54, 1.807) is 28.6 Å². The second-order valence-corrected chi connectivity index (χ2v) is 6.37. The fourth-order valence-electron chi connectivity index (χ4n) is 2.83. The Hall–Kier alpha value is -3.06. The summed E-state index contributed by atoms with van der Waals surface area (Å²) in [5.41, 5.74) is 4.54. The summed E-state index contributed by atoms with van der Waals surface area (Å²) in [6, 6.07) is 12.3. The number of rotatable bonds is 2. The van der Waals surface area contributed by atoms with Gasteiger partial charge in [-0.25, -0.2) is 10.3 Å². The molecule has 0 saturated carbocycles. The second kappa shape index (κ2) is 7.45. The van der Waals surface area contributed by atoms with E-state index in [1.807, 2.05) is 38.1 Å². The fraction of sp³-hybridized carbons (Fsp3) is 0.263. The predicted molar refractivity (Wildman–Crippen MR) is 96.4 cm³/mol. The number of ether oxygens (including phenoxy) is 1. The average molecular weight is 355 g/mol. The third-order valence-electron chi connectivity index (χ3n) is 4.19. The lowest BCUT2D eigenvalue weighted by atomic mass is 10.1. The van der Waals surface area contributed by atoms with Crippen LogP contribution in [0.3, 0.4) is 0 Å². The molecule has 1 aliphatic heterocycles. The Bertz CT molecular complexity index is 820. The van der Waals surface area contributed by atoms with Gasteiger partial charge in [-0.05, 0) is 38.1 Å². The summed E-state index contributed by atoms with van der Waals surface area (Å²) in [6.45, 7) is 4.62. The van der Waals surface area contributed by atoms with E-state index >= 15 is 0 Å². The van der Waals surface area contributed by atoms with E-state index in [9.17, 15) is 9.59 Å². The zero-order valence-corrected chi connectivity index (χ0v) is 14.7. The molecule has 2 aromatic carbocycles. The molecule has 0 fully saturated rings. The topological polar surface area (TPSA) is 90.9 Å². The van der Waals surface area contributed by atoms with Crippen molar-refractivity contribution in [1.29, 1.82) is 0 Å². The van der Waals surface area contributed by atoms with Crippen LogP contribution in [0.25, 0.3) is 0 Å². The summed E-state index contributed by atoms with van der Waals surface area (Å²) in [4.78, 5) is 25.9. The summed E-state index contributed by atoms with van der Waals surface area (Å²) < 4.78 is 5.86. The van der Waals surface area contributed by atoms with Crippen LogP contribution < -0.4 is 15.5 Å². The van der Waals surface area contributed by atoms with E-state index in [1.165, 1.54) is 0 Å². The monoisotopic (exact) mass is 355 g/mol. The average Bonchev–Trinajstić information content (AvgIpc) is 2.80. The van der Waals surface area contributed by atoms with Crippen LogP contribution in [0, 0.1) is 6.92 Å². The Kier molecular flexibility index (Phi) is 5.09. The number of carbonyl (C=O) groups excluding carboxylic acids is 2. The van der Waals surface area contributed by atoms with E-state index in [-0.39, 0.29) is 17.7 Å². The Morgan fingerprint density at radius 1 is 1.19 bits per heavy atom. The number of aryl methyl sites for hydroxylation is 1. The summed E-state index contributed by atoms with van der Waals surface area (Å²) in [7, 11) is 0. The number of nitrogens with zero attached hydrogens (tertiary/aromatic N) is 1. The molecule has 0 aliphatic carbocycles. The van der Waals surface area contributed by atoms with E-state index in [0.29, 0.717) is 18.8 Å². The Labute approximate surface area is 151 Å². The first-order chi connectivity index (χ1) is 12.5. The van der Waals surface area contributed by atoms with Gasteiger partial charge in [-0.1, -0.05) is 23.8 Å². The van der Waals surface area contributed by atoms with Crippen LogP contribution >= 0.6 is 0 Å². The van der Waals surface area contributed by atoms with E-state index < -0.39 is 5.91 Å². The van der Waals surface area contributed by atoms with Crippen LogP contribution in [-0.4, -0.2) is 34.7 Å². The minimum atomic E-state index is -0.609. The van der Waals surface area contributed by atoms with Gasteiger partial charge in [0, 0.05) is 16.8 Å². The highest BCUT2D eigenvalue weighted by molar-refractivity contribution is 5.94. The van der Waals surface area contributed by atoms with Gasteiger partial charge < -0.3 is 15.0 Å². The molecule has 0 spiro atoms. The van der Waals surface area contributed by atoms with Gasteiger partial charge in [0.25, 0.3) is 5.91 Å². The molecule has 3 rings (SSSR count). The largest absolute Gasteiger partial charge is 0.488 e. The van der Waals surface area contributed by atoms with Crippen molar-refractivity contribution >= 4 is 17.6 Å². The molecule has 0 bridgehead atoms. The fourth-order valence-corrected chi connectivity index (χ4v) is 2.83. The first-order valence-corrected chi connectivity index (χ1v) is 8.33. The Balaban J connectivity index is 1.79. The summed E-state index contributed by atoms with van der Waals surface area (Å²) in [5.74, 6) is -0.0773. The molecular formula is C19H21N3O4. The number of hydrogen-bond acceptors (Lipinski definition) is 4. The molecule has 0 aromatic heterocycles. The van der Waals surface area contributed by atoms with E-state index in [0.717, 1.165) is 16.8 Å². The zero-order valence-electron chi connectivity index (χ0n) is 14.7. The maximum atomic E-state index is 12.6. The molecule has 3 N–H and O–H groups in total. The second-order valence-electron chi connectivity index (χ2n) is 6.37. The molecule has 2 aromatic rings. The molecule has 3 amide bonds. The van der Waals surface area contributed by atoms with Crippen molar-refractivity contribution in [2.75, 3.05) is 11.9 Å². The third kappa shape index (κ3) is 3.94. The number of benzene rings is 2. The molecule has 1 atom stereocenters. The molecule has 0 saturated heterocycles. The van der Waals surface area contributed by atoms with Crippen molar-refractivity contribution in [2.24, 2.45) is 0 Å². The van der Waals surface area contributed by atoms with Gasteiger partial charge in [0.1, 0.15) is 11.9 Å². The van der Waals surface area contributed by atoms with E-state index in [2.05, 4.69) is 5.32 Å². The molecule has 7 heteroatoms. The molecular weight excluding hydrogens is 334 g/mol. The normalized spacial score (nSPS) is 16.1. The number of carbonyl (C=O) groups is 2. The van der Waals surface area contributed by atoms with Crippen LogP contribution in [0.15, 0.2) is 42.5 Å². The van der Waals surface area contributed by atoms with Crippen molar-refractivity contribution < 1.29 is 19.5 Å². The molecule has 1 heterocycles. The highest BCUT2D eigenvalue weighted by Crippen LogP contribution is 2.27. The van der Waals surface area contributed by atoms with Crippen molar-refractivity contribution in [1.82, 2.24) is 10.4 Å². The minimum absolute atomic E-state index is 0.214. The Morgan fingerprint density at radius 3 is 2.62 bits per heavy atom. The number of amides is 3. The number of hydrogen-bond donors (Lipinski definition) is 3. The smallest absolute Gasteiger partial charge is 0.322 e. The summed E-state index contributed by atoms with van der Waals surface area (Å²) in [5, 5.41) is 11.7. The summed E-state index contributed by atoms with van der Waals surface area (Å²) in [6.07, 6.45) is -0.243. The SMILES string of the molecule is Cc1ccc(NC(=O)N2Cc3ccc(C(=O)NO)cc3O[C@@H](C)C2)cc1. The standard InChI is InChI=1S/C19H21N3O4/c1-12-3-7-16(8-4-12)20-19(24)22-10-13(2)26-17-9-14(18(23)21-25)5-6-15(17)11-22/h3-9,13,25H,10-11H2,1-2H3,(H,20,24)(H,21,23)/t13-/m0/s1. The molecule has 0 radical (unpaired) electrons. The maximum Gasteiger partial charge on any atom is 0.322 e. The van der Waals surface area contributed by atoms with Crippen LogP contribution in [0.5, 0.6) is 5.75 Å². The van der Waals surface area contributed by atoms with E-state index in [4.69, 9.17) is 9.94 Å². The predicted octanol–water partition coefficient (Wildman–Crippen LogP) is 2.93. The number of nitrogens with one attached hydrogen (secondary N) is 2. The van der Waals surface area contributed by atoms with Gasteiger partial charge in [-0.15, -0.1) is 0 Å². The van der Waals surface area contributed by atoms with Crippen molar-refractivity contribution in [3.05, 3.63) is 59.2 Å². The van der Waals surface area contributed by atoms with Gasteiger partial charge >= 0.3 is 6.03 Å². The lowest BCUT2D eigenvalue weighted by molar-refractivity contribution is 0.0705. The van der Waals surface area contributed by atoms with Gasteiger partial charge in [0.15, 0.2) is 0 Å². The quantitative estimate of drug-likeness (QED) is 0.571. The Morgan fingerprint density at radius 2 is 1.92 bits per heavy atom. The van der Waals surface area contributed by atoms with Crippen molar-refractivity contribution in [2.45, 2.75) is 26.5 Å². The minimum Gasteiger partial charge on any atom is -0.488 e. The molecule has 26 heavy (non-hydrogen) atoms.